The molecule has 14 heavy (non-hydrogen) atoms. The monoisotopic (exact) mass is 281 g/mol. The van der Waals surface area contributed by atoms with Crippen molar-refractivity contribution in [3.63, 3.8) is 0 Å². The molecule has 0 aliphatic heterocycles. The Morgan fingerprint density at radius 1 is 1.14 bits per heavy atom. The van der Waals surface area contributed by atoms with Crippen LogP contribution in [0.4, 0.5) is 0 Å². The van der Waals surface area contributed by atoms with Crippen molar-refractivity contribution < 1.29 is 0 Å². The SMILES string of the molecule is Cc1c(Br)cc2sc([Si])c(C)c2c1C. The smallest absolute Gasteiger partial charge is 0.0868 e. The molecular formula is C11H10BrSSi. The van der Waals surface area contributed by atoms with Crippen LogP contribution in [0.15, 0.2) is 10.5 Å². The number of rotatable bonds is 0. The van der Waals surface area contributed by atoms with Crippen molar-refractivity contribution in [2.24, 2.45) is 0 Å². The van der Waals surface area contributed by atoms with Crippen LogP contribution < -0.4 is 4.50 Å². The van der Waals surface area contributed by atoms with Crippen molar-refractivity contribution in [2.45, 2.75) is 20.8 Å². The third-order valence-corrected chi connectivity index (χ3v) is 5.28. The molecular weight excluding hydrogens is 272 g/mol. The zero-order valence-corrected chi connectivity index (χ0v) is 11.8. The minimum atomic E-state index is 1.20. The lowest BCUT2D eigenvalue weighted by Gasteiger charge is -2.05. The number of thiophene rings is 1. The summed E-state index contributed by atoms with van der Waals surface area (Å²) in [5.74, 6) is 0. The highest BCUT2D eigenvalue weighted by atomic mass is 79.9. The quantitative estimate of drug-likeness (QED) is 0.650. The molecule has 3 radical (unpaired) electrons. The Kier molecular flexibility index (Phi) is 2.58. The second kappa shape index (κ2) is 3.47. The van der Waals surface area contributed by atoms with E-state index in [-0.39, 0.29) is 0 Å². The van der Waals surface area contributed by atoms with Crippen molar-refractivity contribution in [1.82, 2.24) is 0 Å². The Balaban J connectivity index is 2.99. The Morgan fingerprint density at radius 2 is 1.79 bits per heavy atom. The topological polar surface area (TPSA) is 0 Å². The molecule has 0 atom stereocenters. The average molecular weight is 282 g/mol. The zero-order chi connectivity index (χ0) is 10.5. The van der Waals surface area contributed by atoms with Crippen LogP contribution >= 0.6 is 27.3 Å². The summed E-state index contributed by atoms with van der Waals surface area (Å²) in [5, 5.41) is 1.40. The second-order valence-electron chi connectivity index (χ2n) is 3.54. The van der Waals surface area contributed by atoms with E-state index in [1.54, 1.807) is 11.3 Å². The first kappa shape index (κ1) is 10.4. The van der Waals surface area contributed by atoms with Gasteiger partial charge in [0.15, 0.2) is 0 Å². The van der Waals surface area contributed by atoms with Gasteiger partial charge in [0.1, 0.15) is 0 Å². The fourth-order valence-corrected chi connectivity index (χ4v) is 3.89. The van der Waals surface area contributed by atoms with Gasteiger partial charge in [-0.25, -0.2) is 0 Å². The lowest BCUT2D eigenvalue weighted by molar-refractivity contribution is 1.35. The van der Waals surface area contributed by atoms with Crippen LogP contribution in [0.2, 0.25) is 0 Å². The van der Waals surface area contributed by atoms with Crippen LogP contribution in [-0.4, -0.2) is 10.2 Å². The maximum atomic E-state index is 3.65. The normalized spacial score (nSPS) is 11.2. The van der Waals surface area contributed by atoms with Crippen molar-refractivity contribution in [3.8, 4) is 0 Å². The van der Waals surface area contributed by atoms with Crippen LogP contribution in [0.1, 0.15) is 16.7 Å². The van der Waals surface area contributed by atoms with Gasteiger partial charge in [0.25, 0.3) is 0 Å². The Bertz CT molecular complexity index is 514. The standard InChI is InChI=1S/C11H10BrSSi/c1-5-6(2)10-7(3)11(14)13-9(10)4-8(5)12/h4H,1-3H3. The molecule has 0 aliphatic carbocycles. The van der Waals surface area contributed by atoms with Crippen molar-refractivity contribution in [2.75, 3.05) is 0 Å². The molecule has 0 N–H and O–H groups in total. The first-order chi connectivity index (χ1) is 6.52. The summed E-state index contributed by atoms with van der Waals surface area (Å²) in [4.78, 5) is 0. The highest BCUT2D eigenvalue weighted by molar-refractivity contribution is 9.10. The van der Waals surface area contributed by atoms with E-state index in [0.29, 0.717) is 0 Å². The maximum absolute atomic E-state index is 3.65. The van der Waals surface area contributed by atoms with E-state index < -0.39 is 0 Å². The van der Waals surface area contributed by atoms with E-state index in [1.807, 2.05) is 0 Å². The molecule has 71 valence electrons. The molecule has 2 aromatic rings. The van der Waals surface area contributed by atoms with Crippen LogP contribution in [0, 0.1) is 20.8 Å². The minimum Gasteiger partial charge on any atom is -0.146 e. The van der Waals surface area contributed by atoms with Gasteiger partial charge >= 0.3 is 0 Å². The first-order valence-electron chi connectivity index (χ1n) is 4.42. The largest absolute Gasteiger partial charge is 0.146 e. The van der Waals surface area contributed by atoms with Gasteiger partial charge in [0.05, 0.1) is 10.2 Å². The van der Waals surface area contributed by atoms with Crippen molar-refractivity contribution in [1.29, 1.82) is 0 Å². The van der Waals surface area contributed by atoms with Gasteiger partial charge in [-0.1, -0.05) is 15.9 Å². The molecule has 0 aliphatic rings. The summed E-state index contributed by atoms with van der Waals surface area (Å²) < 4.78 is 3.79. The van der Waals surface area contributed by atoms with Gasteiger partial charge < -0.3 is 0 Å². The van der Waals surface area contributed by atoms with Gasteiger partial charge in [0.2, 0.25) is 0 Å². The molecule has 0 spiro atoms. The molecule has 0 unspecified atom stereocenters. The minimum absolute atomic E-state index is 1.20. The molecule has 3 heteroatoms. The number of benzene rings is 1. The maximum Gasteiger partial charge on any atom is 0.0868 e. The zero-order valence-electron chi connectivity index (χ0n) is 8.36. The van der Waals surface area contributed by atoms with Crippen molar-refractivity contribution in [3.05, 3.63) is 27.2 Å². The summed E-state index contributed by atoms with van der Waals surface area (Å²) in [5.41, 5.74) is 4.08. The number of hydrogen-bond acceptors (Lipinski definition) is 1. The highest BCUT2D eigenvalue weighted by Gasteiger charge is 2.11. The molecule has 0 amide bonds. The summed E-state index contributed by atoms with van der Waals surface area (Å²) in [6.45, 7) is 6.51. The molecule has 0 bridgehead atoms. The average Bonchev–Trinajstić information content (AvgIpc) is 2.39. The molecule has 1 aromatic carbocycles. The van der Waals surface area contributed by atoms with E-state index in [2.05, 4.69) is 53.0 Å². The van der Waals surface area contributed by atoms with Crippen LogP contribution in [0.3, 0.4) is 0 Å². The Hall–Kier alpha value is -0.123. The summed E-state index contributed by atoms with van der Waals surface area (Å²) in [6.07, 6.45) is 0. The van der Waals surface area contributed by atoms with Gasteiger partial charge in [-0.05, 0) is 53.4 Å². The summed E-state index contributed by atoms with van der Waals surface area (Å²) >= 11 is 5.39. The predicted octanol–water partition coefficient (Wildman–Crippen LogP) is 3.38. The molecule has 1 aromatic heterocycles. The molecule has 2 rings (SSSR count). The van der Waals surface area contributed by atoms with Crippen LogP contribution in [0.25, 0.3) is 10.1 Å². The molecule has 0 saturated heterocycles. The lowest BCUT2D eigenvalue weighted by atomic mass is 10.0. The van der Waals surface area contributed by atoms with Gasteiger partial charge in [-0.3, -0.25) is 0 Å². The van der Waals surface area contributed by atoms with E-state index >= 15 is 0 Å². The molecule has 0 fully saturated rings. The third kappa shape index (κ3) is 1.38. The molecule has 1 heterocycles. The summed E-state index contributed by atoms with van der Waals surface area (Å²) in [6, 6.07) is 2.21. The van der Waals surface area contributed by atoms with Gasteiger partial charge in [-0.2, -0.15) is 0 Å². The summed E-state index contributed by atoms with van der Waals surface area (Å²) in [7, 11) is 3.65. The van der Waals surface area contributed by atoms with Gasteiger partial charge in [0, 0.05) is 9.17 Å². The van der Waals surface area contributed by atoms with E-state index in [9.17, 15) is 0 Å². The van der Waals surface area contributed by atoms with E-state index in [0.717, 1.165) is 0 Å². The predicted molar refractivity (Wildman–Crippen MR) is 69.1 cm³/mol. The molecule has 0 saturated carbocycles. The number of fused-ring (bicyclic) bond motifs is 1. The number of aryl methyl sites for hydroxylation is 2. The van der Waals surface area contributed by atoms with Crippen LogP contribution in [-0.2, 0) is 0 Å². The Labute approximate surface area is 99.9 Å². The van der Waals surface area contributed by atoms with E-state index in [4.69, 9.17) is 0 Å². The van der Waals surface area contributed by atoms with Crippen LogP contribution in [0.5, 0.6) is 0 Å². The highest BCUT2D eigenvalue weighted by Crippen LogP contribution is 2.32. The number of halogens is 1. The van der Waals surface area contributed by atoms with Crippen molar-refractivity contribution >= 4 is 52.1 Å². The fourth-order valence-electron chi connectivity index (χ4n) is 1.69. The number of hydrogen-bond donors (Lipinski definition) is 0. The third-order valence-electron chi connectivity index (χ3n) is 2.73. The molecule has 0 nitrogen and oxygen atoms in total. The lowest BCUT2D eigenvalue weighted by Crippen LogP contribution is -1.97. The van der Waals surface area contributed by atoms with Gasteiger partial charge in [-0.15, -0.1) is 11.3 Å². The first-order valence-corrected chi connectivity index (χ1v) is 6.53. The second-order valence-corrected chi connectivity index (χ2v) is 6.31. The van der Waals surface area contributed by atoms with E-state index in [1.165, 1.54) is 35.7 Å². The Morgan fingerprint density at radius 3 is 2.43 bits per heavy atom. The fraction of sp³-hybridized carbons (Fsp3) is 0.273.